The SMILES string of the molecule is C=CCc1cc(/C=C(\C#N)C(=O)Nc2cccc(Cl)c2C)cc(OC)c1OCC(=O)OCC. The van der Waals surface area contributed by atoms with E-state index in [1.54, 1.807) is 50.3 Å². The van der Waals surface area contributed by atoms with Crippen LogP contribution in [0.2, 0.25) is 5.02 Å². The molecule has 0 radical (unpaired) electrons. The lowest BCUT2D eigenvalue weighted by Crippen LogP contribution is -2.16. The van der Waals surface area contributed by atoms with E-state index in [9.17, 15) is 14.9 Å². The van der Waals surface area contributed by atoms with Gasteiger partial charge in [-0.3, -0.25) is 4.79 Å². The molecule has 7 nitrogen and oxygen atoms in total. The summed E-state index contributed by atoms with van der Waals surface area (Å²) in [6.45, 7) is 7.19. The zero-order chi connectivity index (χ0) is 24.4. The molecule has 172 valence electrons. The molecule has 1 amide bonds. The van der Waals surface area contributed by atoms with Crippen molar-refractivity contribution in [2.24, 2.45) is 0 Å². The van der Waals surface area contributed by atoms with Crippen molar-refractivity contribution < 1.29 is 23.8 Å². The van der Waals surface area contributed by atoms with Crippen LogP contribution in [0.4, 0.5) is 5.69 Å². The van der Waals surface area contributed by atoms with Crippen LogP contribution in [0.5, 0.6) is 11.5 Å². The molecular weight excluding hydrogens is 444 g/mol. The maximum Gasteiger partial charge on any atom is 0.344 e. The highest BCUT2D eigenvalue weighted by molar-refractivity contribution is 6.31. The van der Waals surface area contributed by atoms with Crippen molar-refractivity contribution in [1.29, 1.82) is 5.26 Å². The van der Waals surface area contributed by atoms with E-state index in [0.717, 1.165) is 0 Å². The van der Waals surface area contributed by atoms with Crippen LogP contribution in [0.25, 0.3) is 6.08 Å². The molecule has 0 atom stereocenters. The van der Waals surface area contributed by atoms with Crippen LogP contribution < -0.4 is 14.8 Å². The Morgan fingerprint density at radius 1 is 1.30 bits per heavy atom. The summed E-state index contributed by atoms with van der Waals surface area (Å²) >= 11 is 6.10. The van der Waals surface area contributed by atoms with Gasteiger partial charge in [-0.1, -0.05) is 23.7 Å². The molecule has 0 aliphatic carbocycles. The first-order valence-corrected chi connectivity index (χ1v) is 10.5. The van der Waals surface area contributed by atoms with E-state index >= 15 is 0 Å². The number of methoxy groups -OCH3 is 1. The lowest BCUT2D eigenvalue weighted by Gasteiger charge is -2.15. The van der Waals surface area contributed by atoms with Crippen molar-refractivity contribution in [2.75, 3.05) is 25.6 Å². The van der Waals surface area contributed by atoms with Gasteiger partial charge in [-0.15, -0.1) is 6.58 Å². The topological polar surface area (TPSA) is 97.7 Å². The number of carbonyl (C=O) groups is 2. The molecular formula is C25H25ClN2O5. The second-order valence-corrected chi connectivity index (χ2v) is 7.24. The first-order valence-electron chi connectivity index (χ1n) is 10.1. The van der Waals surface area contributed by atoms with Gasteiger partial charge in [0.2, 0.25) is 0 Å². The third kappa shape index (κ3) is 6.86. The van der Waals surface area contributed by atoms with Crippen LogP contribution in [-0.4, -0.2) is 32.2 Å². The predicted octanol–water partition coefficient (Wildman–Crippen LogP) is 4.87. The Bertz CT molecular complexity index is 1120. The molecule has 0 spiro atoms. The van der Waals surface area contributed by atoms with Crippen molar-refractivity contribution in [2.45, 2.75) is 20.3 Å². The van der Waals surface area contributed by atoms with Gasteiger partial charge in [0, 0.05) is 16.3 Å². The molecule has 0 bridgehead atoms. The minimum absolute atomic E-state index is 0.110. The van der Waals surface area contributed by atoms with Crippen LogP contribution in [0.1, 0.15) is 23.6 Å². The Kier molecular flexibility index (Phi) is 9.52. The second kappa shape index (κ2) is 12.3. The molecule has 0 saturated heterocycles. The Morgan fingerprint density at radius 2 is 2.06 bits per heavy atom. The minimum atomic E-state index is -0.574. The van der Waals surface area contributed by atoms with Gasteiger partial charge in [0.05, 0.1) is 13.7 Å². The van der Waals surface area contributed by atoms with Gasteiger partial charge in [-0.2, -0.15) is 5.26 Å². The Morgan fingerprint density at radius 3 is 2.70 bits per heavy atom. The maximum atomic E-state index is 12.7. The third-order valence-electron chi connectivity index (χ3n) is 4.57. The van der Waals surface area contributed by atoms with E-state index in [4.69, 9.17) is 25.8 Å². The van der Waals surface area contributed by atoms with Gasteiger partial charge in [0.25, 0.3) is 5.91 Å². The monoisotopic (exact) mass is 468 g/mol. The Hall–Kier alpha value is -3.76. The van der Waals surface area contributed by atoms with Crippen molar-refractivity contribution in [3.8, 4) is 17.6 Å². The first kappa shape index (κ1) is 25.5. The summed E-state index contributed by atoms with van der Waals surface area (Å²) in [7, 11) is 1.46. The summed E-state index contributed by atoms with van der Waals surface area (Å²) in [6, 6.07) is 10.4. The number of nitriles is 1. The predicted molar refractivity (Wildman–Crippen MR) is 127 cm³/mol. The number of halogens is 1. The summed E-state index contributed by atoms with van der Waals surface area (Å²) in [6.07, 6.45) is 3.52. The number of nitrogens with zero attached hydrogens (tertiary/aromatic N) is 1. The van der Waals surface area contributed by atoms with Crippen molar-refractivity contribution in [1.82, 2.24) is 0 Å². The lowest BCUT2D eigenvalue weighted by atomic mass is 10.0. The molecule has 0 heterocycles. The van der Waals surface area contributed by atoms with E-state index in [0.29, 0.717) is 45.3 Å². The lowest BCUT2D eigenvalue weighted by molar-refractivity contribution is -0.145. The van der Waals surface area contributed by atoms with E-state index in [1.165, 1.54) is 13.2 Å². The van der Waals surface area contributed by atoms with Gasteiger partial charge < -0.3 is 19.5 Å². The highest BCUT2D eigenvalue weighted by atomic mass is 35.5. The molecule has 2 rings (SSSR count). The summed E-state index contributed by atoms with van der Waals surface area (Å²) in [5.41, 5.74) is 2.32. The molecule has 2 aromatic carbocycles. The van der Waals surface area contributed by atoms with Gasteiger partial charge in [0.1, 0.15) is 11.6 Å². The first-order chi connectivity index (χ1) is 15.8. The third-order valence-corrected chi connectivity index (χ3v) is 4.98. The van der Waals surface area contributed by atoms with Gasteiger partial charge in [0.15, 0.2) is 18.1 Å². The summed E-state index contributed by atoms with van der Waals surface area (Å²) < 4.78 is 16.0. The van der Waals surface area contributed by atoms with E-state index in [-0.39, 0.29) is 18.8 Å². The number of rotatable bonds is 10. The number of hydrogen-bond donors (Lipinski definition) is 1. The minimum Gasteiger partial charge on any atom is -0.493 e. The van der Waals surface area contributed by atoms with Crippen LogP contribution >= 0.6 is 11.6 Å². The fourth-order valence-electron chi connectivity index (χ4n) is 2.97. The molecule has 0 aromatic heterocycles. The number of nitrogens with one attached hydrogen (secondary N) is 1. The number of anilines is 1. The smallest absolute Gasteiger partial charge is 0.344 e. The summed E-state index contributed by atoms with van der Waals surface area (Å²) in [5.74, 6) is -0.379. The summed E-state index contributed by atoms with van der Waals surface area (Å²) in [4.78, 5) is 24.4. The van der Waals surface area contributed by atoms with Crippen LogP contribution in [0.15, 0.2) is 48.6 Å². The summed E-state index contributed by atoms with van der Waals surface area (Å²) in [5, 5.41) is 12.8. The molecule has 1 N–H and O–H groups in total. The Balaban J connectivity index is 2.38. The van der Waals surface area contributed by atoms with Crippen LogP contribution in [-0.2, 0) is 20.7 Å². The number of benzene rings is 2. The highest BCUT2D eigenvalue weighted by Gasteiger charge is 2.17. The van der Waals surface area contributed by atoms with Crippen LogP contribution in [0, 0.1) is 18.3 Å². The highest BCUT2D eigenvalue weighted by Crippen LogP contribution is 2.34. The van der Waals surface area contributed by atoms with Gasteiger partial charge in [-0.25, -0.2) is 4.79 Å². The van der Waals surface area contributed by atoms with E-state index < -0.39 is 11.9 Å². The molecule has 0 fully saturated rings. The molecule has 8 heteroatoms. The molecule has 2 aromatic rings. The van der Waals surface area contributed by atoms with E-state index in [2.05, 4.69) is 11.9 Å². The van der Waals surface area contributed by atoms with Crippen molar-refractivity contribution >= 4 is 35.2 Å². The number of amides is 1. The molecule has 0 saturated carbocycles. The van der Waals surface area contributed by atoms with Gasteiger partial charge >= 0.3 is 5.97 Å². The fourth-order valence-corrected chi connectivity index (χ4v) is 3.15. The number of allylic oxidation sites excluding steroid dienone is 1. The quantitative estimate of drug-likeness (QED) is 0.231. The zero-order valence-electron chi connectivity index (χ0n) is 18.7. The number of ether oxygens (including phenoxy) is 3. The maximum absolute atomic E-state index is 12.7. The number of hydrogen-bond acceptors (Lipinski definition) is 6. The molecule has 0 aliphatic rings. The standard InChI is InChI=1S/C25H25ClN2O5/c1-5-8-18-11-17(13-22(31-4)24(18)33-15-23(29)32-6-2)12-19(14-27)25(30)28-21-10-7-9-20(26)16(21)3/h5,7,9-13H,1,6,8,15H2,2-4H3,(H,28,30)/b19-12+. The largest absolute Gasteiger partial charge is 0.493 e. The Labute approximate surface area is 198 Å². The van der Waals surface area contributed by atoms with Gasteiger partial charge in [-0.05, 0) is 61.7 Å². The fraction of sp³-hybridized carbons (Fsp3) is 0.240. The van der Waals surface area contributed by atoms with Crippen molar-refractivity contribution in [3.05, 3.63) is 70.3 Å². The second-order valence-electron chi connectivity index (χ2n) is 6.83. The zero-order valence-corrected chi connectivity index (χ0v) is 19.5. The molecule has 0 aliphatic heterocycles. The number of carbonyl (C=O) groups excluding carboxylic acids is 2. The average molecular weight is 469 g/mol. The van der Waals surface area contributed by atoms with Crippen molar-refractivity contribution in [3.63, 3.8) is 0 Å². The molecule has 0 unspecified atom stereocenters. The average Bonchev–Trinajstić information content (AvgIpc) is 2.79. The van der Waals surface area contributed by atoms with E-state index in [1.807, 2.05) is 6.07 Å². The number of esters is 1. The molecule has 33 heavy (non-hydrogen) atoms. The normalized spacial score (nSPS) is 10.7. The van der Waals surface area contributed by atoms with Crippen LogP contribution in [0.3, 0.4) is 0 Å².